The van der Waals surface area contributed by atoms with E-state index in [2.05, 4.69) is 20.2 Å². The Morgan fingerprint density at radius 1 is 1.25 bits per heavy atom. The summed E-state index contributed by atoms with van der Waals surface area (Å²) in [4.78, 5) is 21.7. The molecule has 1 aromatic carbocycles. The third-order valence-electron chi connectivity index (χ3n) is 4.21. The minimum Gasteiger partial charge on any atom is -0.481 e. The molecule has 0 atom stereocenters. The summed E-state index contributed by atoms with van der Waals surface area (Å²) in [5.74, 6) is 0.621. The van der Waals surface area contributed by atoms with Crippen LogP contribution in [0.15, 0.2) is 36.7 Å². The normalized spacial score (nSPS) is 15.3. The second-order valence-electron chi connectivity index (χ2n) is 5.84. The molecule has 0 saturated carbocycles. The van der Waals surface area contributed by atoms with Crippen molar-refractivity contribution in [1.29, 1.82) is 0 Å². The van der Waals surface area contributed by atoms with Gasteiger partial charge in [0, 0.05) is 30.7 Å². The molecule has 2 aromatic rings. The van der Waals surface area contributed by atoms with E-state index in [-0.39, 0.29) is 5.92 Å². The fourth-order valence-corrected chi connectivity index (χ4v) is 2.89. The van der Waals surface area contributed by atoms with Gasteiger partial charge in [-0.05, 0) is 30.5 Å². The van der Waals surface area contributed by atoms with Crippen LogP contribution in [0, 0.1) is 5.92 Å². The molecule has 7 heteroatoms. The zero-order valence-electron chi connectivity index (χ0n) is 13.2. The number of aromatic nitrogens is 2. The molecular weight excluding hydrogens is 328 g/mol. The van der Waals surface area contributed by atoms with Gasteiger partial charge in [-0.2, -0.15) is 0 Å². The summed E-state index contributed by atoms with van der Waals surface area (Å²) >= 11 is 5.88. The number of carboxylic acids is 1. The number of hydrogen-bond acceptors (Lipinski definition) is 5. The number of nitrogens with zero attached hydrogens (tertiary/aromatic N) is 3. The van der Waals surface area contributed by atoms with E-state index in [0.29, 0.717) is 37.5 Å². The lowest BCUT2D eigenvalue weighted by Crippen LogP contribution is -2.36. The summed E-state index contributed by atoms with van der Waals surface area (Å²) in [7, 11) is 0. The van der Waals surface area contributed by atoms with Crippen molar-refractivity contribution in [2.75, 3.05) is 23.3 Å². The molecule has 2 N–H and O–H groups in total. The van der Waals surface area contributed by atoms with E-state index in [9.17, 15) is 4.79 Å². The van der Waals surface area contributed by atoms with Crippen molar-refractivity contribution < 1.29 is 9.90 Å². The maximum absolute atomic E-state index is 11.0. The SMILES string of the molecule is O=C(O)C1CCN(c2cc(NCc3ccc(Cl)cc3)ncn2)CC1. The highest BCUT2D eigenvalue weighted by Crippen LogP contribution is 2.23. The number of anilines is 2. The van der Waals surface area contributed by atoms with Crippen LogP contribution in [0.25, 0.3) is 0 Å². The standard InChI is InChI=1S/C17H19ClN4O2/c18-14-3-1-12(2-4-14)10-19-15-9-16(21-11-20-15)22-7-5-13(6-8-22)17(23)24/h1-4,9,11,13H,5-8,10H2,(H,23,24)(H,19,20,21). The number of carboxylic acid groups (broad SMARTS) is 1. The largest absolute Gasteiger partial charge is 0.481 e. The first-order valence-corrected chi connectivity index (χ1v) is 8.28. The summed E-state index contributed by atoms with van der Waals surface area (Å²) in [6.07, 6.45) is 2.82. The molecule has 1 fully saturated rings. The first-order chi connectivity index (χ1) is 11.6. The molecule has 0 unspecified atom stereocenters. The number of halogens is 1. The van der Waals surface area contributed by atoms with Gasteiger partial charge in [0.1, 0.15) is 18.0 Å². The lowest BCUT2D eigenvalue weighted by atomic mass is 9.97. The first-order valence-electron chi connectivity index (χ1n) is 7.90. The highest BCUT2D eigenvalue weighted by molar-refractivity contribution is 6.30. The fraction of sp³-hybridized carbons (Fsp3) is 0.353. The average molecular weight is 347 g/mol. The molecule has 6 nitrogen and oxygen atoms in total. The van der Waals surface area contributed by atoms with Gasteiger partial charge in [0.15, 0.2) is 0 Å². The van der Waals surface area contributed by atoms with E-state index >= 15 is 0 Å². The van der Waals surface area contributed by atoms with E-state index in [0.717, 1.165) is 17.2 Å². The summed E-state index contributed by atoms with van der Waals surface area (Å²) in [5.41, 5.74) is 1.11. The fourth-order valence-electron chi connectivity index (χ4n) is 2.77. The maximum Gasteiger partial charge on any atom is 0.306 e. The van der Waals surface area contributed by atoms with Crippen molar-refractivity contribution in [2.45, 2.75) is 19.4 Å². The molecule has 0 bridgehead atoms. The van der Waals surface area contributed by atoms with E-state index in [1.54, 1.807) is 0 Å². The van der Waals surface area contributed by atoms with Gasteiger partial charge in [-0.1, -0.05) is 23.7 Å². The van der Waals surface area contributed by atoms with Crippen molar-refractivity contribution in [3.8, 4) is 0 Å². The smallest absolute Gasteiger partial charge is 0.306 e. The van der Waals surface area contributed by atoms with Crippen molar-refractivity contribution in [3.05, 3.63) is 47.2 Å². The van der Waals surface area contributed by atoms with E-state index < -0.39 is 5.97 Å². The number of carbonyl (C=O) groups is 1. The Bertz CT molecular complexity index is 700. The third-order valence-corrected chi connectivity index (χ3v) is 4.46. The van der Waals surface area contributed by atoms with E-state index in [1.807, 2.05) is 30.3 Å². The highest BCUT2D eigenvalue weighted by atomic mass is 35.5. The van der Waals surface area contributed by atoms with Crippen LogP contribution in [-0.2, 0) is 11.3 Å². The average Bonchev–Trinajstić information content (AvgIpc) is 2.61. The van der Waals surface area contributed by atoms with Crippen LogP contribution in [0.1, 0.15) is 18.4 Å². The highest BCUT2D eigenvalue weighted by Gasteiger charge is 2.25. The van der Waals surface area contributed by atoms with Crippen LogP contribution in [0.3, 0.4) is 0 Å². The molecule has 24 heavy (non-hydrogen) atoms. The molecule has 2 heterocycles. The van der Waals surface area contributed by atoms with Crippen LogP contribution in [0.2, 0.25) is 5.02 Å². The van der Waals surface area contributed by atoms with Crippen LogP contribution < -0.4 is 10.2 Å². The molecule has 1 aliphatic rings. The molecule has 1 aromatic heterocycles. The molecule has 0 radical (unpaired) electrons. The minimum absolute atomic E-state index is 0.245. The first kappa shape index (κ1) is 16.5. The Morgan fingerprint density at radius 3 is 2.62 bits per heavy atom. The Kier molecular flexibility index (Phi) is 5.15. The molecule has 0 spiro atoms. The topological polar surface area (TPSA) is 78.4 Å². The summed E-state index contributed by atoms with van der Waals surface area (Å²) in [5, 5.41) is 13.1. The van der Waals surface area contributed by atoms with Gasteiger partial charge in [0.2, 0.25) is 0 Å². The lowest BCUT2D eigenvalue weighted by molar-refractivity contribution is -0.142. The van der Waals surface area contributed by atoms with Gasteiger partial charge in [-0.3, -0.25) is 4.79 Å². The second-order valence-corrected chi connectivity index (χ2v) is 6.28. The number of piperidine rings is 1. The van der Waals surface area contributed by atoms with Crippen molar-refractivity contribution >= 4 is 29.2 Å². The zero-order chi connectivity index (χ0) is 16.9. The molecule has 0 aliphatic carbocycles. The summed E-state index contributed by atoms with van der Waals surface area (Å²) < 4.78 is 0. The van der Waals surface area contributed by atoms with Gasteiger partial charge in [0.05, 0.1) is 5.92 Å². The Labute approximate surface area is 145 Å². The van der Waals surface area contributed by atoms with E-state index in [1.165, 1.54) is 6.33 Å². The zero-order valence-corrected chi connectivity index (χ0v) is 13.9. The molecule has 126 valence electrons. The van der Waals surface area contributed by atoms with Gasteiger partial charge in [0.25, 0.3) is 0 Å². The molecule has 1 aliphatic heterocycles. The molecule has 3 rings (SSSR count). The van der Waals surface area contributed by atoms with Gasteiger partial charge in [-0.15, -0.1) is 0 Å². The number of hydrogen-bond donors (Lipinski definition) is 2. The number of aliphatic carboxylic acids is 1. The quantitative estimate of drug-likeness (QED) is 0.866. The third kappa shape index (κ3) is 4.14. The van der Waals surface area contributed by atoms with Crippen LogP contribution in [0.4, 0.5) is 11.6 Å². The number of rotatable bonds is 5. The number of nitrogens with one attached hydrogen (secondary N) is 1. The van der Waals surface area contributed by atoms with Gasteiger partial charge < -0.3 is 15.3 Å². The lowest BCUT2D eigenvalue weighted by Gasteiger charge is -2.31. The van der Waals surface area contributed by atoms with Gasteiger partial charge >= 0.3 is 5.97 Å². The van der Waals surface area contributed by atoms with Crippen LogP contribution in [-0.4, -0.2) is 34.1 Å². The van der Waals surface area contributed by atoms with Crippen LogP contribution in [0.5, 0.6) is 0 Å². The number of benzene rings is 1. The van der Waals surface area contributed by atoms with Crippen molar-refractivity contribution in [2.24, 2.45) is 5.92 Å². The molecule has 1 saturated heterocycles. The Hall–Kier alpha value is -2.34. The Balaban J connectivity index is 1.60. The Morgan fingerprint density at radius 2 is 1.96 bits per heavy atom. The molecular formula is C17H19ClN4O2. The minimum atomic E-state index is -0.706. The summed E-state index contributed by atoms with van der Waals surface area (Å²) in [6.45, 7) is 2.05. The maximum atomic E-state index is 11.0. The van der Waals surface area contributed by atoms with Crippen LogP contribution >= 0.6 is 11.6 Å². The van der Waals surface area contributed by atoms with Crippen molar-refractivity contribution in [3.63, 3.8) is 0 Å². The monoisotopic (exact) mass is 346 g/mol. The summed E-state index contributed by atoms with van der Waals surface area (Å²) in [6, 6.07) is 9.55. The predicted molar refractivity (Wildman–Crippen MR) is 93.4 cm³/mol. The molecule has 0 amide bonds. The predicted octanol–water partition coefficient (Wildman–Crippen LogP) is 3.04. The van der Waals surface area contributed by atoms with E-state index in [4.69, 9.17) is 16.7 Å². The second kappa shape index (κ2) is 7.49. The van der Waals surface area contributed by atoms with Gasteiger partial charge in [-0.25, -0.2) is 9.97 Å². The van der Waals surface area contributed by atoms with Crippen molar-refractivity contribution in [1.82, 2.24) is 9.97 Å².